The van der Waals surface area contributed by atoms with Gasteiger partial charge >= 0.3 is 0 Å². The highest BCUT2D eigenvalue weighted by Gasteiger charge is 2.23. The smallest absolute Gasteiger partial charge is 0.270 e. The van der Waals surface area contributed by atoms with Crippen LogP contribution in [0.3, 0.4) is 0 Å². The molecule has 8 nitrogen and oxygen atoms in total. The molecule has 40 heavy (non-hydrogen) atoms. The van der Waals surface area contributed by atoms with Gasteiger partial charge in [0.05, 0.1) is 13.2 Å². The summed E-state index contributed by atoms with van der Waals surface area (Å²) in [6, 6.07) is 13.9. The highest BCUT2D eigenvalue weighted by Crippen LogP contribution is 2.31. The van der Waals surface area contributed by atoms with Gasteiger partial charge in [0.1, 0.15) is 11.4 Å². The van der Waals surface area contributed by atoms with Crippen molar-refractivity contribution in [2.45, 2.75) is 32.7 Å². The highest BCUT2D eigenvalue weighted by atomic mass is 16.5. The normalized spacial score (nSPS) is 16.7. The molecule has 2 fully saturated rings. The number of carbonyl (C=O) groups is 2. The molecular weight excluding hydrogens is 502 g/mol. The zero-order valence-corrected chi connectivity index (χ0v) is 24.4. The molecule has 3 aromatic rings. The number of likely N-dealkylation sites (tertiary alicyclic amines) is 1. The molecule has 1 aromatic heterocycles. The van der Waals surface area contributed by atoms with Crippen LogP contribution in [0.4, 0.5) is 5.69 Å². The second-order valence-corrected chi connectivity index (χ2v) is 11.2. The molecule has 2 aromatic carbocycles. The van der Waals surface area contributed by atoms with Crippen LogP contribution in [0.1, 0.15) is 57.8 Å². The summed E-state index contributed by atoms with van der Waals surface area (Å²) < 4.78 is 7.53. The third kappa shape index (κ3) is 5.87. The minimum atomic E-state index is -0.248. The van der Waals surface area contributed by atoms with Gasteiger partial charge in [-0.15, -0.1) is 0 Å². The molecule has 8 heteroatoms. The third-order valence-electron chi connectivity index (χ3n) is 8.30. The van der Waals surface area contributed by atoms with Crippen molar-refractivity contribution in [3.05, 3.63) is 71.0 Å². The number of likely N-dealkylation sites (N-methyl/N-ethyl adjacent to an activating group) is 1. The average Bonchev–Trinajstić information content (AvgIpc) is 3.63. The Kier molecular flexibility index (Phi) is 8.17. The molecule has 2 aliphatic rings. The van der Waals surface area contributed by atoms with E-state index in [-0.39, 0.29) is 17.9 Å². The first-order valence-corrected chi connectivity index (χ1v) is 14.2. The molecule has 1 unspecified atom stereocenters. The minimum Gasteiger partial charge on any atom is -0.497 e. The molecular formula is C32H41N5O3. The minimum absolute atomic E-state index is 0.0733. The SMILES string of the molecule is COc1cc(-c2cc(C(=O)N3CCCC3)n(C)c2)cc(C(C)NC(=O)c2cc(N3CCN(C)CC3)ccc2C)c1. The maximum atomic E-state index is 13.5. The van der Waals surface area contributed by atoms with Crippen LogP contribution < -0.4 is 15.0 Å². The summed E-state index contributed by atoms with van der Waals surface area (Å²) >= 11 is 0. The Hall–Kier alpha value is -3.78. The van der Waals surface area contributed by atoms with Crippen molar-refractivity contribution in [3.63, 3.8) is 0 Å². The summed E-state index contributed by atoms with van der Waals surface area (Å²) in [5.41, 5.74) is 6.24. The largest absolute Gasteiger partial charge is 0.497 e. The van der Waals surface area contributed by atoms with Crippen molar-refractivity contribution >= 4 is 17.5 Å². The molecule has 0 bridgehead atoms. The van der Waals surface area contributed by atoms with Gasteiger partial charge in [0.2, 0.25) is 0 Å². The fraction of sp³-hybridized carbons (Fsp3) is 0.438. The first kappa shape index (κ1) is 27.8. The Morgan fingerprint density at radius 3 is 2.33 bits per heavy atom. The van der Waals surface area contributed by atoms with Crippen LogP contribution in [0.15, 0.2) is 48.7 Å². The molecule has 0 spiro atoms. The van der Waals surface area contributed by atoms with E-state index in [1.807, 2.05) is 66.9 Å². The summed E-state index contributed by atoms with van der Waals surface area (Å²) in [6.45, 7) is 9.54. The molecule has 2 aliphatic heterocycles. The van der Waals surface area contributed by atoms with Gasteiger partial charge in [-0.1, -0.05) is 6.07 Å². The van der Waals surface area contributed by atoms with E-state index < -0.39 is 0 Å². The van der Waals surface area contributed by atoms with E-state index in [9.17, 15) is 9.59 Å². The number of benzene rings is 2. The molecule has 0 aliphatic carbocycles. The van der Waals surface area contributed by atoms with Gasteiger partial charge in [0, 0.05) is 69.3 Å². The van der Waals surface area contributed by atoms with Crippen molar-refractivity contribution in [2.75, 3.05) is 58.3 Å². The maximum Gasteiger partial charge on any atom is 0.270 e. The van der Waals surface area contributed by atoms with Crippen LogP contribution in [-0.2, 0) is 7.05 Å². The number of nitrogens with one attached hydrogen (secondary N) is 1. The monoisotopic (exact) mass is 543 g/mol. The number of amides is 2. The fourth-order valence-electron chi connectivity index (χ4n) is 5.65. The van der Waals surface area contributed by atoms with Crippen LogP contribution in [0, 0.1) is 6.92 Å². The zero-order valence-electron chi connectivity index (χ0n) is 24.4. The predicted molar refractivity (Wildman–Crippen MR) is 159 cm³/mol. The van der Waals surface area contributed by atoms with Crippen LogP contribution in [0.2, 0.25) is 0 Å². The van der Waals surface area contributed by atoms with Gasteiger partial charge in [0.25, 0.3) is 11.8 Å². The molecule has 2 amide bonds. The van der Waals surface area contributed by atoms with Gasteiger partial charge in [-0.3, -0.25) is 9.59 Å². The standard InChI is InChI=1S/C32H41N5O3/c1-22-8-9-27(36-14-12-34(3)13-15-36)20-29(22)31(38)33-23(2)24-16-25(18-28(17-24)40-5)26-19-30(35(4)21-26)32(39)37-10-6-7-11-37/h8-9,16-21,23H,6-7,10-15H2,1-5H3,(H,33,38). The fourth-order valence-corrected chi connectivity index (χ4v) is 5.65. The first-order valence-electron chi connectivity index (χ1n) is 14.2. The number of ether oxygens (including phenoxy) is 1. The molecule has 3 heterocycles. The highest BCUT2D eigenvalue weighted by molar-refractivity contribution is 5.97. The van der Waals surface area contributed by atoms with E-state index in [0.717, 1.165) is 80.1 Å². The lowest BCUT2D eigenvalue weighted by molar-refractivity contribution is 0.0783. The molecule has 0 radical (unpaired) electrons. The number of rotatable bonds is 7. The number of anilines is 1. The number of methoxy groups -OCH3 is 1. The first-order chi connectivity index (χ1) is 19.2. The topological polar surface area (TPSA) is 70.0 Å². The Morgan fingerprint density at radius 1 is 0.900 bits per heavy atom. The predicted octanol–water partition coefficient (Wildman–Crippen LogP) is 4.49. The molecule has 212 valence electrons. The van der Waals surface area contributed by atoms with E-state index in [1.54, 1.807) is 7.11 Å². The molecule has 5 rings (SSSR count). The van der Waals surface area contributed by atoms with E-state index in [0.29, 0.717) is 17.0 Å². The summed E-state index contributed by atoms with van der Waals surface area (Å²) in [5, 5.41) is 3.21. The van der Waals surface area contributed by atoms with Gasteiger partial charge < -0.3 is 29.3 Å². The van der Waals surface area contributed by atoms with Gasteiger partial charge in [-0.05, 0) is 86.8 Å². The Bertz CT molecular complexity index is 1380. The van der Waals surface area contributed by atoms with Crippen LogP contribution >= 0.6 is 0 Å². The quantitative estimate of drug-likeness (QED) is 0.476. The summed E-state index contributed by atoms with van der Waals surface area (Å²) in [4.78, 5) is 33.1. The average molecular weight is 544 g/mol. The molecule has 1 N–H and O–H groups in total. The van der Waals surface area contributed by atoms with Crippen molar-refractivity contribution in [1.29, 1.82) is 0 Å². The Morgan fingerprint density at radius 2 is 1.62 bits per heavy atom. The summed E-state index contributed by atoms with van der Waals surface area (Å²) in [5.74, 6) is 0.686. The van der Waals surface area contributed by atoms with Gasteiger partial charge in [-0.25, -0.2) is 0 Å². The summed E-state index contributed by atoms with van der Waals surface area (Å²) in [6.07, 6.45) is 4.11. The van der Waals surface area contributed by atoms with Crippen molar-refractivity contribution < 1.29 is 14.3 Å². The van der Waals surface area contributed by atoms with E-state index in [1.165, 1.54) is 0 Å². The lowest BCUT2D eigenvalue weighted by Crippen LogP contribution is -2.44. The second-order valence-electron chi connectivity index (χ2n) is 11.2. The van der Waals surface area contributed by atoms with Gasteiger partial charge in [0.15, 0.2) is 0 Å². The third-order valence-corrected chi connectivity index (χ3v) is 8.30. The van der Waals surface area contributed by atoms with Crippen molar-refractivity contribution in [3.8, 4) is 16.9 Å². The van der Waals surface area contributed by atoms with E-state index >= 15 is 0 Å². The maximum absolute atomic E-state index is 13.5. The van der Waals surface area contributed by atoms with Crippen LogP contribution in [-0.4, -0.2) is 79.6 Å². The number of hydrogen-bond acceptors (Lipinski definition) is 5. The Balaban J connectivity index is 1.36. The van der Waals surface area contributed by atoms with Crippen molar-refractivity contribution in [1.82, 2.24) is 19.7 Å². The molecule has 0 saturated carbocycles. The lowest BCUT2D eigenvalue weighted by Gasteiger charge is -2.34. The number of hydrogen-bond donors (Lipinski definition) is 1. The van der Waals surface area contributed by atoms with E-state index in [2.05, 4.69) is 34.3 Å². The van der Waals surface area contributed by atoms with Crippen molar-refractivity contribution in [2.24, 2.45) is 7.05 Å². The Labute approximate surface area is 237 Å². The number of nitrogens with zero attached hydrogens (tertiary/aromatic N) is 4. The number of carbonyl (C=O) groups excluding carboxylic acids is 2. The number of aromatic nitrogens is 1. The van der Waals surface area contributed by atoms with E-state index in [4.69, 9.17) is 4.74 Å². The molecule has 1 atom stereocenters. The summed E-state index contributed by atoms with van der Waals surface area (Å²) in [7, 11) is 5.70. The number of piperazine rings is 1. The van der Waals surface area contributed by atoms with Crippen LogP contribution in [0.5, 0.6) is 5.75 Å². The van der Waals surface area contributed by atoms with Gasteiger partial charge in [-0.2, -0.15) is 0 Å². The second kappa shape index (κ2) is 11.8. The van der Waals surface area contributed by atoms with Crippen LogP contribution in [0.25, 0.3) is 11.1 Å². The number of aryl methyl sites for hydroxylation is 2. The lowest BCUT2D eigenvalue weighted by atomic mass is 10.00. The molecule has 2 saturated heterocycles. The zero-order chi connectivity index (χ0) is 28.4.